The van der Waals surface area contributed by atoms with Crippen molar-refractivity contribution in [3.05, 3.63) is 251 Å². The summed E-state index contributed by atoms with van der Waals surface area (Å²) in [5, 5.41) is 12.0. The van der Waals surface area contributed by atoms with E-state index in [1.165, 1.54) is 0 Å². The van der Waals surface area contributed by atoms with Crippen LogP contribution in [0.3, 0.4) is 0 Å². The number of benzene rings is 7. The molecule has 378 valence electrons. The molecule has 0 unspecified atom stereocenters. The number of rotatable bonds is 24. The number of carbonyl (C=O) groups excluding carboxylic acids is 1. The molecule has 2 aliphatic heterocycles. The summed E-state index contributed by atoms with van der Waals surface area (Å²) in [5.41, 5.74) is 5.87. The summed E-state index contributed by atoms with van der Waals surface area (Å²) >= 11 is 0. The fraction of sp³-hybridized carbons (Fsp3) is 0.295. The normalized spacial score (nSPS) is 23.9. The molecular weight excluding hydrogens is 925 g/mol. The maximum absolute atomic E-state index is 14.1. The van der Waals surface area contributed by atoms with Gasteiger partial charge in [0.2, 0.25) is 0 Å². The van der Waals surface area contributed by atoms with Gasteiger partial charge in [0.15, 0.2) is 18.7 Å². The van der Waals surface area contributed by atoms with E-state index in [9.17, 15) is 9.90 Å². The van der Waals surface area contributed by atoms with Gasteiger partial charge in [-0.05, 0) is 45.5 Å². The van der Waals surface area contributed by atoms with Gasteiger partial charge in [0.1, 0.15) is 42.7 Å². The highest BCUT2D eigenvalue weighted by Gasteiger charge is 2.52. The lowest BCUT2D eigenvalue weighted by Gasteiger charge is -2.47. The van der Waals surface area contributed by atoms with Crippen molar-refractivity contribution < 1.29 is 57.3 Å². The van der Waals surface area contributed by atoms with E-state index >= 15 is 0 Å². The van der Waals surface area contributed by atoms with Crippen LogP contribution in [0.15, 0.2) is 212 Å². The first-order valence-corrected chi connectivity index (χ1v) is 24.8. The van der Waals surface area contributed by atoms with E-state index in [1.54, 1.807) is 24.3 Å². The third kappa shape index (κ3) is 14.9. The van der Waals surface area contributed by atoms with Gasteiger partial charge >= 0.3 is 5.97 Å². The second-order valence-corrected chi connectivity index (χ2v) is 18.0. The van der Waals surface area contributed by atoms with E-state index in [0.29, 0.717) is 5.56 Å². The van der Waals surface area contributed by atoms with Gasteiger partial charge in [-0.2, -0.15) is 0 Å². The molecule has 2 aliphatic rings. The summed E-state index contributed by atoms with van der Waals surface area (Å²) in [4.78, 5) is 14.1. The number of aliphatic hydroxyl groups is 1. The van der Waals surface area contributed by atoms with Gasteiger partial charge in [-0.1, -0.05) is 200 Å². The van der Waals surface area contributed by atoms with E-state index < -0.39 is 67.4 Å². The van der Waals surface area contributed by atoms with Crippen LogP contribution in [0, 0.1) is 0 Å². The SMILES string of the molecule is O=C(O[C@H]1[C@H](OCc2ccccc2)[C@@H](OCc2ccccc2)[C@@H](OC[C@H]2O[C@H](O)[C@H](OCc3ccccc3)[C@@H](OCc3ccccc3)[C@@H]2OCc2ccccc2)O[C@@H]1COCc1ccccc1)c1ccccc1. The molecule has 12 nitrogen and oxygen atoms in total. The third-order valence-corrected chi connectivity index (χ3v) is 12.7. The standard InChI is InChI=1S/C61H62O12/c62-59(50-34-20-7-21-35-50)73-54-51(42-64-36-44-22-8-1-9-23-44)72-61(58(69-41-49-32-18-6-19-33-49)56(54)67-39-47-28-14-4-15-29-47)70-43-52-53(65-37-45-24-10-2-11-25-45)55(66-38-46-26-12-3-13-27-46)57(60(63)71-52)68-40-48-30-16-5-17-31-48/h1-35,51-58,60-61,63H,36-43H2/t51-,52-,53-,54-,55+,56+,57-,58-,60+,61+/m1/s1. The quantitative estimate of drug-likeness (QED) is 0.0579. The lowest BCUT2D eigenvalue weighted by molar-refractivity contribution is -0.345. The van der Waals surface area contributed by atoms with Crippen LogP contribution in [0.5, 0.6) is 0 Å². The number of hydrogen-bond acceptors (Lipinski definition) is 12. The molecular formula is C61H62O12. The Balaban J connectivity index is 1.05. The predicted molar refractivity (Wildman–Crippen MR) is 272 cm³/mol. The van der Waals surface area contributed by atoms with E-state index in [4.69, 9.17) is 47.4 Å². The third-order valence-electron chi connectivity index (χ3n) is 12.7. The largest absolute Gasteiger partial charge is 0.453 e. The highest BCUT2D eigenvalue weighted by molar-refractivity contribution is 5.89. The molecule has 2 heterocycles. The molecule has 9 rings (SSSR count). The van der Waals surface area contributed by atoms with Crippen molar-refractivity contribution in [2.45, 2.75) is 101 Å². The molecule has 0 aromatic heterocycles. The number of carbonyl (C=O) groups is 1. The fourth-order valence-corrected chi connectivity index (χ4v) is 8.91. The summed E-state index contributed by atoms with van der Waals surface area (Å²) in [6.07, 6.45) is -10.1. The van der Waals surface area contributed by atoms with Crippen molar-refractivity contribution in [1.82, 2.24) is 0 Å². The maximum Gasteiger partial charge on any atom is 0.338 e. The van der Waals surface area contributed by atoms with Crippen molar-refractivity contribution in [3.8, 4) is 0 Å². The Morgan fingerprint density at radius 3 is 1.14 bits per heavy atom. The molecule has 0 radical (unpaired) electrons. The molecule has 7 aromatic rings. The zero-order valence-corrected chi connectivity index (χ0v) is 40.6. The molecule has 7 aromatic carbocycles. The fourth-order valence-electron chi connectivity index (χ4n) is 8.91. The Kier molecular flexibility index (Phi) is 19.1. The summed E-state index contributed by atoms with van der Waals surface area (Å²) < 4.78 is 67.0. The van der Waals surface area contributed by atoms with Crippen LogP contribution < -0.4 is 0 Å². The van der Waals surface area contributed by atoms with Gasteiger partial charge in [0.25, 0.3) is 0 Å². The Morgan fingerprint density at radius 2 is 0.699 bits per heavy atom. The minimum absolute atomic E-state index is 0.00458. The van der Waals surface area contributed by atoms with Gasteiger partial charge < -0.3 is 52.5 Å². The van der Waals surface area contributed by atoms with E-state index in [2.05, 4.69) is 0 Å². The van der Waals surface area contributed by atoms with Gasteiger partial charge in [-0.3, -0.25) is 0 Å². The number of ether oxygens (including phenoxy) is 10. The molecule has 2 saturated heterocycles. The molecule has 0 bridgehead atoms. The topological polar surface area (TPSA) is 130 Å². The summed E-state index contributed by atoms with van der Waals surface area (Å²) in [6, 6.07) is 67.4. The summed E-state index contributed by atoms with van der Waals surface area (Å²) in [5.74, 6) is -0.565. The van der Waals surface area contributed by atoms with Crippen LogP contribution >= 0.6 is 0 Å². The lowest BCUT2D eigenvalue weighted by Crippen LogP contribution is -2.64. The highest BCUT2D eigenvalue weighted by atomic mass is 16.7. The Morgan fingerprint density at radius 1 is 0.356 bits per heavy atom. The van der Waals surface area contributed by atoms with Crippen LogP contribution in [0.4, 0.5) is 0 Å². The van der Waals surface area contributed by atoms with Gasteiger partial charge in [-0.15, -0.1) is 0 Å². The van der Waals surface area contributed by atoms with Gasteiger partial charge in [0, 0.05) is 0 Å². The van der Waals surface area contributed by atoms with Crippen molar-refractivity contribution in [3.63, 3.8) is 0 Å². The van der Waals surface area contributed by atoms with E-state index in [-0.39, 0.29) is 52.9 Å². The average Bonchev–Trinajstić information content (AvgIpc) is 3.44. The molecule has 10 atom stereocenters. The molecule has 73 heavy (non-hydrogen) atoms. The Hall–Kier alpha value is -6.39. The van der Waals surface area contributed by atoms with Crippen LogP contribution in [0.25, 0.3) is 0 Å². The first kappa shape index (κ1) is 51.5. The molecule has 12 heteroatoms. The van der Waals surface area contributed by atoms with Crippen LogP contribution in [0.2, 0.25) is 0 Å². The smallest absolute Gasteiger partial charge is 0.338 e. The second-order valence-electron chi connectivity index (χ2n) is 18.0. The van der Waals surface area contributed by atoms with Crippen molar-refractivity contribution in [2.24, 2.45) is 0 Å². The molecule has 0 saturated carbocycles. The molecule has 0 amide bonds. The van der Waals surface area contributed by atoms with Crippen LogP contribution in [0.1, 0.15) is 43.7 Å². The first-order chi connectivity index (χ1) is 36.0. The minimum atomic E-state index is -1.45. The van der Waals surface area contributed by atoms with Crippen molar-refractivity contribution in [2.75, 3.05) is 13.2 Å². The monoisotopic (exact) mass is 986 g/mol. The Bertz CT molecular complexity index is 2630. The maximum atomic E-state index is 14.1. The second kappa shape index (κ2) is 27.1. The first-order valence-electron chi connectivity index (χ1n) is 24.8. The van der Waals surface area contributed by atoms with Crippen LogP contribution in [-0.4, -0.2) is 85.7 Å². The molecule has 0 aliphatic carbocycles. The molecule has 1 N–H and O–H groups in total. The lowest BCUT2D eigenvalue weighted by atomic mass is 9.97. The van der Waals surface area contributed by atoms with Crippen molar-refractivity contribution in [1.29, 1.82) is 0 Å². The van der Waals surface area contributed by atoms with Crippen LogP contribution in [-0.2, 0) is 87.0 Å². The molecule has 0 spiro atoms. The van der Waals surface area contributed by atoms with E-state index in [1.807, 2.05) is 188 Å². The predicted octanol–water partition coefficient (Wildman–Crippen LogP) is 9.81. The number of aliphatic hydroxyl groups excluding tert-OH is 1. The summed E-state index contributed by atoms with van der Waals surface area (Å²) in [7, 11) is 0. The van der Waals surface area contributed by atoms with Gasteiger partial charge in [0.05, 0.1) is 58.4 Å². The molecule has 2 fully saturated rings. The average molecular weight is 987 g/mol. The number of hydrogen-bond donors (Lipinski definition) is 1. The summed E-state index contributed by atoms with van der Waals surface area (Å²) in [6.45, 7) is 0.985. The highest BCUT2D eigenvalue weighted by Crippen LogP contribution is 2.34. The van der Waals surface area contributed by atoms with Gasteiger partial charge in [-0.25, -0.2) is 4.79 Å². The Labute approximate surface area is 427 Å². The van der Waals surface area contributed by atoms with Crippen molar-refractivity contribution >= 4 is 5.97 Å². The zero-order chi connectivity index (χ0) is 49.9. The van der Waals surface area contributed by atoms with E-state index in [0.717, 1.165) is 33.4 Å². The zero-order valence-electron chi connectivity index (χ0n) is 40.6. The minimum Gasteiger partial charge on any atom is -0.453 e. The number of esters is 1.